The fourth-order valence-corrected chi connectivity index (χ4v) is 2.82. The van der Waals surface area contributed by atoms with Gasteiger partial charge in [0, 0.05) is 48.6 Å². The second-order valence-electron chi connectivity index (χ2n) is 4.85. The number of hydrogen-bond acceptors (Lipinski definition) is 5. The number of hydrogen-bond donors (Lipinski definition) is 0. The van der Waals surface area contributed by atoms with Crippen LogP contribution in [0.3, 0.4) is 0 Å². The molecule has 1 aliphatic heterocycles. The fourth-order valence-electron chi connectivity index (χ4n) is 2.44. The van der Waals surface area contributed by atoms with Gasteiger partial charge in [0.15, 0.2) is 0 Å². The lowest BCUT2D eigenvalue weighted by Crippen LogP contribution is -2.47. The van der Waals surface area contributed by atoms with Crippen molar-refractivity contribution in [2.45, 2.75) is 0 Å². The van der Waals surface area contributed by atoms with Crippen LogP contribution in [0.4, 0.5) is 11.6 Å². The number of ether oxygens (including phenoxy) is 1. The molecule has 0 amide bonds. The molecule has 0 N–H and O–H groups in total. The van der Waals surface area contributed by atoms with Gasteiger partial charge in [-0.2, -0.15) is 4.98 Å². The molecule has 0 spiro atoms. The van der Waals surface area contributed by atoms with Crippen LogP contribution >= 0.6 is 15.9 Å². The van der Waals surface area contributed by atoms with Crippen molar-refractivity contribution in [1.29, 1.82) is 0 Å². The normalized spacial score (nSPS) is 15.1. The van der Waals surface area contributed by atoms with Gasteiger partial charge in [-0.25, -0.2) is 4.98 Å². The highest BCUT2D eigenvalue weighted by Crippen LogP contribution is 2.22. The van der Waals surface area contributed by atoms with Crippen molar-refractivity contribution in [3.63, 3.8) is 0 Å². The van der Waals surface area contributed by atoms with Gasteiger partial charge in [-0.15, -0.1) is 0 Å². The number of benzene rings is 1. The fraction of sp³-hybridized carbons (Fsp3) is 0.333. The molecule has 0 bridgehead atoms. The number of rotatable bonds is 3. The van der Waals surface area contributed by atoms with Crippen LogP contribution in [-0.2, 0) is 0 Å². The first-order valence-electron chi connectivity index (χ1n) is 6.89. The lowest BCUT2D eigenvalue weighted by atomic mass is 10.2. The van der Waals surface area contributed by atoms with E-state index >= 15 is 0 Å². The molecule has 0 radical (unpaired) electrons. The van der Waals surface area contributed by atoms with E-state index in [1.807, 2.05) is 6.07 Å². The van der Waals surface area contributed by atoms with E-state index in [0.717, 1.165) is 36.6 Å². The lowest BCUT2D eigenvalue weighted by molar-refractivity contribution is 0.396. The van der Waals surface area contributed by atoms with Crippen LogP contribution in [0.1, 0.15) is 0 Å². The molecule has 0 aliphatic carbocycles. The SMILES string of the molecule is COc1ccnc(N2CCN(c3cccc(Br)c3)CC2)n1. The Bertz CT molecular complexity index is 614. The number of halogens is 1. The largest absolute Gasteiger partial charge is 0.481 e. The van der Waals surface area contributed by atoms with Gasteiger partial charge in [-0.1, -0.05) is 22.0 Å². The summed E-state index contributed by atoms with van der Waals surface area (Å²) in [5.74, 6) is 1.35. The summed E-state index contributed by atoms with van der Waals surface area (Å²) in [6, 6.07) is 10.2. The van der Waals surface area contributed by atoms with Crippen molar-refractivity contribution in [3.8, 4) is 5.88 Å². The third-order valence-corrected chi connectivity index (χ3v) is 4.06. The maximum atomic E-state index is 5.16. The monoisotopic (exact) mass is 348 g/mol. The number of methoxy groups -OCH3 is 1. The second kappa shape index (κ2) is 6.30. The first kappa shape index (κ1) is 14.1. The quantitative estimate of drug-likeness (QED) is 0.852. The Balaban J connectivity index is 1.67. The van der Waals surface area contributed by atoms with E-state index < -0.39 is 0 Å². The molecular formula is C15H17BrN4O. The Morgan fingerprint density at radius 1 is 1.10 bits per heavy atom. The average Bonchev–Trinajstić information content (AvgIpc) is 2.55. The summed E-state index contributed by atoms with van der Waals surface area (Å²) in [4.78, 5) is 13.3. The zero-order valence-corrected chi connectivity index (χ0v) is 13.5. The average molecular weight is 349 g/mol. The van der Waals surface area contributed by atoms with E-state index in [2.05, 4.69) is 53.9 Å². The van der Waals surface area contributed by atoms with E-state index in [1.54, 1.807) is 19.4 Å². The maximum Gasteiger partial charge on any atom is 0.228 e. The minimum absolute atomic E-state index is 0.606. The summed E-state index contributed by atoms with van der Waals surface area (Å²) < 4.78 is 6.27. The molecule has 2 aromatic rings. The molecule has 110 valence electrons. The van der Waals surface area contributed by atoms with Crippen LogP contribution in [-0.4, -0.2) is 43.3 Å². The maximum absolute atomic E-state index is 5.16. The topological polar surface area (TPSA) is 41.5 Å². The van der Waals surface area contributed by atoms with Crippen molar-refractivity contribution in [2.24, 2.45) is 0 Å². The Morgan fingerprint density at radius 2 is 1.86 bits per heavy atom. The van der Waals surface area contributed by atoms with E-state index in [9.17, 15) is 0 Å². The molecule has 1 fully saturated rings. The van der Waals surface area contributed by atoms with Crippen molar-refractivity contribution >= 4 is 27.6 Å². The van der Waals surface area contributed by atoms with Crippen molar-refractivity contribution < 1.29 is 4.74 Å². The first-order chi connectivity index (χ1) is 10.3. The first-order valence-corrected chi connectivity index (χ1v) is 7.68. The van der Waals surface area contributed by atoms with Crippen LogP contribution in [0, 0.1) is 0 Å². The van der Waals surface area contributed by atoms with Gasteiger partial charge in [0.25, 0.3) is 0 Å². The Labute approximate surface area is 132 Å². The standard InChI is InChI=1S/C15H17BrN4O/c1-21-14-5-6-17-15(18-14)20-9-7-19(8-10-20)13-4-2-3-12(16)11-13/h2-6,11H,7-10H2,1H3. The predicted octanol–water partition coefficient (Wildman–Crippen LogP) is 2.57. The minimum Gasteiger partial charge on any atom is -0.481 e. The Hall–Kier alpha value is -1.82. The zero-order valence-electron chi connectivity index (χ0n) is 11.9. The van der Waals surface area contributed by atoms with Gasteiger partial charge >= 0.3 is 0 Å². The van der Waals surface area contributed by atoms with Crippen molar-refractivity contribution in [2.75, 3.05) is 43.1 Å². The highest BCUT2D eigenvalue weighted by Gasteiger charge is 2.19. The van der Waals surface area contributed by atoms with Gasteiger partial charge in [0.05, 0.1) is 7.11 Å². The Morgan fingerprint density at radius 3 is 2.57 bits per heavy atom. The third kappa shape index (κ3) is 3.26. The smallest absolute Gasteiger partial charge is 0.228 e. The molecule has 0 atom stereocenters. The number of anilines is 2. The van der Waals surface area contributed by atoms with Crippen LogP contribution in [0.25, 0.3) is 0 Å². The number of nitrogens with zero attached hydrogens (tertiary/aromatic N) is 4. The van der Waals surface area contributed by atoms with Gasteiger partial charge in [0.2, 0.25) is 11.8 Å². The van der Waals surface area contributed by atoms with Gasteiger partial charge in [-0.3, -0.25) is 0 Å². The molecule has 0 unspecified atom stereocenters. The van der Waals surface area contributed by atoms with Crippen LogP contribution < -0.4 is 14.5 Å². The molecule has 1 saturated heterocycles. The molecule has 3 rings (SSSR count). The minimum atomic E-state index is 0.606. The number of aromatic nitrogens is 2. The third-order valence-electron chi connectivity index (χ3n) is 3.56. The van der Waals surface area contributed by atoms with E-state index in [4.69, 9.17) is 4.74 Å². The van der Waals surface area contributed by atoms with E-state index in [0.29, 0.717) is 5.88 Å². The van der Waals surface area contributed by atoms with Crippen molar-refractivity contribution in [3.05, 3.63) is 41.0 Å². The van der Waals surface area contributed by atoms with E-state index in [1.165, 1.54) is 5.69 Å². The summed E-state index contributed by atoms with van der Waals surface area (Å²) in [7, 11) is 1.62. The molecule has 5 nitrogen and oxygen atoms in total. The Kier molecular flexibility index (Phi) is 4.24. The molecule has 21 heavy (non-hydrogen) atoms. The van der Waals surface area contributed by atoms with E-state index in [-0.39, 0.29) is 0 Å². The molecule has 1 aliphatic rings. The lowest BCUT2D eigenvalue weighted by Gasteiger charge is -2.36. The second-order valence-corrected chi connectivity index (χ2v) is 5.77. The number of piperazine rings is 1. The van der Waals surface area contributed by atoms with Crippen LogP contribution in [0.15, 0.2) is 41.0 Å². The highest BCUT2D eigenvalue weighted by molar-refractivity contribution is 9.10. The molecule has 1 aromatic heterocycles. The van der Waals surface area contributed by atoms with Crippen molar-refractivity contribution in [1.82, 2.24) is 9.97 Å². The summed E-state index contributed by atoms with van der Waals surface area (Å²) in [6.45, 7) is 3.72. The van der Waals surface area contributed by atoms with Crippen LogP contribution in [0.5, 0.6) is 5.88 Å². The predicted molar refractivity (Wildman–Crippen MR) is 87.2 cm³/mol. The summed E-state index contributed by atoms with van der Waals surface area (Å²) >= 11 is 3.52. The summed E-state index contributed by atoms with van der Waals surface area (Å²) in [5, 5.41) is 0. The highest BCUT2D eigenvalue weighted by atomic mass is 79.9. The molecule has 6 heteroatoms. The summed E-state index contributed by atoms with van der Waals surface area (Å²) in [6.07, 6.45) is 1.74. The summed E-state index contributed by atoms with van der Waals surface area (Å²) in [5.41, 5.74) is 1.25. The van der Waals surface area contributed by atoms with Gasteiger partial charge in [0.1, 0.15) is 0 Å². The van der Waals surface area contributed by atoms with Gasteiger partial charge < -0.3 is 14.5 Å². The molecule has 1 aromatic carbocycles. The molecule has 0 saturated carbocycles. The van der Waals surface area contributed by atoms with Crippen LogP contribution in [0.2, 0.25) is 0 Å². The zero-order chi connectivity index (χ0) is 14.7. The molecule has 2 heterocycles. The molecular weight excluding hydrogens is 332 g/mol. The van der Waals surface area contributed by atoms with Gasteiger partial charge in [-0.05, 0) is 18.2 Å².